The van der Waals surface area contributed by atoms with E-state index in [2.05, 4.69) is 29.5 Å². The van der Waals surface area contributed by atoms with Crippen LogP contribution < -0.4 is 15.4 Å². The molecule has 0 radical (unpaired) electrons. The average Bonchev–Trinajstić information content (AvgIpc) is 3.33. The highest BCUT2D eigenvalue weighted by Crippen LogP contribution is 2.32. The van der Waals surface area contributed by atoms with E-state index in [1.807, 2.05) is 81.4 Å². The summed E-state index contributed by atoms with van der Waals surface area (Å²) in [5, 5.41) is 6.06. The lowest BCUT2D eigenvalue weighted by molar-refractivity contribution is -0.119. The maximum absolute atomic E-state index is 13.1. The summed E-state index contributed by atoms with van der Waals surface area (Å²) in [5.41, 5.74) is 5.13. The van der Waals surface area contributed by atoms with Crippen molar-refractivity contribution in [2.24, 2.45) is 0 Å². The molecule has 3 aromatic carbocycles. The summed E-state index contributed by atoms with van der Waals surface area (Å²) in [6.07, 6.45) is 2.18. The summed E-state index contributed by atoms with van der Waals surface area (Å²) >= 11 is 2.93. The van der Waals surface area contributed by atoms with Crippen molar-refractivity contribution in [3.05, 3.63) is 82.9 Å². The molecule has 0 aliphatic heterocycles. The first-order valence-corrected chi connectivity index (χ1v) is 15.0. The fraction of sp³-hybridized carbons (Fsp3) is 0.323. The minimum absolute atomic E-state index is 0.0366. The monoisotopic (exact) mass is 561 g/mol. The Balaban J connectivity index is 1.37. The predicted molar refractivity (Wildman–Crippen MR) is 162 cm³/mol. The molecule has 8 heteroatoms. The molecular weight excluding hydrogens is 526 g/mol. The zero-order valence-corrected chi connectivity index (χ0v) is 24.7. The summed E-state index contributed by atoms with van der Waals surface area (Å²) in [4.78, 5) is 30.2. The minimum Gasteiger partial charge on any atom is -0.490 e. The number of hydrogen-bond acceptors (Lipinski definition) is 6. The number of hydrogen-bond donors (Lipinski definition) is 2. The van der Waals surface area contributed by atoms with Gasteiger partial charge in [0.05, 0.1) is 28.1 Å². The lowest BCUT2D eigenvalue weighted by atomic mass is 10.0. The average molecular weight is 562 g/mol. The quantitative estimate of drug-likeness (QED) is 0.183. The molecule has 0 saturated heterocycles. The first-order chi connectivity index (χ1) is 18.7. The van der Waals surface area contributed by atoms with E-state index < -0.39 is 0 Å². The van der Waals surface area contributed by atoms with Crippen LogP contribution >= 0.6 is 23.1 Å². The van der Waals surface area contributed by atoms with Crippen LogP contribution in [0.2, 0.25) is 0 Å². The van der Waals surface area contributed by atoms with Crippen LogP contribution in [0.25, 0.3) is 10.2 Å². The van der Waals surface area contributed by atoms with Gasteiger partial charge in [0.25, 0.3) is 5.91 Å². The summed E-state index contributed by atoms with van der Waals surface area (Å²) in [5.74, 6) is 0.914. The van der Waals surface area contributed by atoms with Gasteiger partial charge in [0.15, 0.2) is 4.34 Å². The molecule has 204 valence electrons. The van der Waals surface area contributed by atoms with Crippen LogP contribution in [0.4, 0.5) is 5.69 Å². The summed E-state index contributed by atoms with van der Waals surface area (Å²) in [6, 6.07) is 19.2. The molecule has 2 atom stereocenters. The predicted octanol–water partition coefficient (Wildman–Crippen LogP) is 7.70. The number of rotatable bonds is 11. The Hall–Kier alpha value is -3.36. The topological polar surface area (TPSA) is 80.3 Å². The first-order valence-electron chi connectivity index (χ1n) is 13.2. The number of fused-ring (bicyclic) bond motifs is 1. The summed E-state index contributed by atoms with van der Waals surface area (Å²) < 4.78 is 7.85. The third-order valence-corrected chi connectivity index (χ3v) is 8.80. The maximum atomic E-state index is 13.1. The highest BCUT2D eigenvalue weighted by atomic mass is 32.2. The smallest absolute Gasteiger partial charge is 0.255 e. The number of anilines is 1. The Morgan fingerprint density at radius 2 is 1.79 bits per heavy atom. The van der Waals surface area contributed by atoms with Crippen molar-refractivity contribution in [3.8, 4) is 5.75 Å². The van der Waals surface area contributed by atoms with Crippen molar-refractivity contribution < 1.29 is 14.3 Å². The molecule has 0 spiro atoms. The zero-order valence-electron chi connectivity index (χ0n) is 23.0. The van der Waals surface area contributed by atoms with E-state index in [4.69, 9.17) is 4.74 Å². The van der Waals surface area contributed by atoms with Gasteiger partial charge in [0, 0.05) is 11.3 Å². The lowest BCUT2D eigenvalue weighted by Gasteiger charge is -2.18. The second-order valence-electron chi connectivity index (χ2n) is 9.68. The van der Waals surface area contributed by atoms with Crippen molar-refractivity contribution in [2.75, 3.05) is 11.1 Å². The van der Waals surface area contributed by atoms with Crippen molar-refractivity contribution in [1.29, 1.82) is 0 Å². The van der Waals surface area contributed by atoms with Gasteiger partial charge in [-0.25, -0.2) is 4.98 Å². The van der Waals surface area contributed by atoms with Gasteiger partial charge in [0.1, 0.15) is 5.75 Å². The van der Waals surface area contributed by atoms with Gasteiger partial charge in [-0.05, 0) is 81.1 Å². The molecule has 0 bridgehead atoms. The van der Waals surface area contributed by atoms with Gasteiger partial charge >= 0.3 is 0 Å². The highest BCUT2D eigenvalue weighted by Gasteiger charge is 2.16. The second-order valence-corrected chi connectivity index (χ2v) is 11.9. The molecule has 0 aliphatic rings. The van der Waals surface area contributed by atoms with Crippen molar-refractivity contribution in [1.82, 2.24) is 10.3 Å². The molecule has 0 fully saturated rings. The van der Waals surface area contributed by atoms with E-state index >= 15 is 0 Å². The van der Waals surface area contributed by atoms with E-state index in [1.54, 1.807) is 0 Å². The number of carbonyl (C=O) groups excluding carboxylic acids is 2. The molecule has 2 amide bonds. The number of carbonyl (C=O) groups is 2. The number of thiazole rings is 1. The third kappa shape index (κ3) is 7.40. The molecule has 2 N–H and O–H groups in total. The van der Waals surface area contributed by atoms with Gasteiger partial charge < -0.3 is 15.4 Å². The number of aromatic nitrogens is 1. The van der Waals surface area contributed by atoms with Gasteiger partial charge in [-0.3, -0.25) is 9.59 Å². The lowest BCUT2D eigenvalue weighted by Crippen LogP contribution is -2.28. The maximum Gasteiger partial charge on any atom is 0.255 e. The Bertz CT molecular complexity index is 1450. The number of amides is 2. The first kappa shape index (κ1) is 28.6. The number of thioether (sulfide) groups is 1. The standard InChI is InChI=1S/C31H35N3O3S2/c1-6-10-19(2)37-27-16-14-25(20(3)21(27)4)30(36)33-24-13-15-26-28(17-24)39-31(34-26)38-18-29(35)32-22(5)23-11-8-7-9-12-23/h7-9,11-17,19,22H,6,10,18H2,1-5H3,(H,32,35)(H,33,36). The van der Waals surface area contributed by atoms with Crippen LogP contribution in [0.1, 0.15) is 66.7 Å². The molecule has 1 aromatic heterocycles. The number of benzene rings is 3. The van der Waals surface area contributed by atoms with Crippen molar-refractivity contribution in [3.63, 3.8) is 0 Å². The van der Waals surface area contributed by atoms with Gasteiger partial charge in [-0.2, -0.15) is 0 Å². The van der Waals surface area contributed by atoms with Crippen LogP contribution in [0.3, 0.4) is 0 Å². The van der Waals surface area contributed by atoms with Gasteiger partial charge in [0.2, 0.25) is 5.91 Å². The van der Waals surface area contributed by atoms with Gasteiger partial charge in [-0.1, -0.05) is 55.4 Å². The number of ether oxygens (including phenoxy) is 1. The second kappa shape index (κ2) is 13.1. The molecule has 1 heterocycles. The number of nitrogens with zero attached hydrogens (tertiary/aromatic N) is 1. The fourth-order valence-corrected chi connectivity index (χ4v) is 6.25. The molecule has 0 aliphatic carbocycles. The largest absolute Gasteiger partial charge is 0.490 e. The Morgan fingerprint density at radius 1 is 1.03 bits per heavy atom. The van der Waals surface area contributed by atoms with Crippen LogP contribution in [0, 0.1) is 13.8 Å². The Labute approximate surface area is 238 Å². The van der Waals surface area contributed by atoms with Gasteiger partial charge in [-0.15, -0.1) is 11.3 Å². The normalized spacial score (nSPS) is 12.6. The molecule has 6 nitrogen and oxygen atoms in total. The number of nitrogens with one attached hydrogen (secondary N) is 2. The third-order valence-electron chi connectivity index (χ3n) is 6.64. The Kier molecular flexibility index (Phi) is 9.64. The van der Waals surface area contributed by atoms with E-state index in [-0.39, 0.29) is 29.7 Å². The molecule has 39 heavy (non-hydrogen) atoms. The van der Waals surface area contributed by atoms with Crippen LogP contribution in [0.5, 0.6) is 5.75 Å². The fourth-order valence-electron chi connectivity index (χ4n) is 4.33. The molecular formula is C31H35N3O3S2. The van der Waals surface area contributed by atoms with E-state index in [1.165, 1.54) is 23.1 Å². The van der Waals surface area contributed by atoms with Crippen LogP contribution in [0.15, 0.2) is 65.0 Å². The van der Waals surface area contributed by atoms with Crippen LogP contribution in [-0.4, -0.2) is 28.7 Å². The SMILES string of the molecule is CCCC(C)Oc1ccc(C(=O)Nc2ccc3nc(SCC(=O)NC(C)c4ccccc4)sc3c2)c(C)c1C. The zero-order chi connectivity index (χ0) is 27.9. The minimum atomic E-state index is -0.161. The molecule has 2 unspecified atom stereocenters. The summed E-state index contributed by atoms with van der Waals surface area (Å²) in [7, 11) is 0. The van der Waals surface area contributed by atoms with Crippen molar-refractivity contribution >= 4 is 50.8 Å². The molecule has 0 saturated carbocycles. The highest BCUT2D eigenvalue weighted by molar-refractivity contribution is 8.01. The van der Waals surface area contributed by atoms with Crippen molar-refractivity contribution in [2.45, 2.75) is 63.9 Å². The van der Waals surface area contributed by atoms with Crippen LogP contribution in [-0.2, 0) is 4.79 Å². The molecule has 4 aromatic rings. The summed E-state index contributed by atoms with van der Waals surface area (Å²) in [6.45, 7) is 10.1. The Morgan fingerprint density at radius 3 is 2.54 bits per heavy atom. The van der Waals surface area contributed by atoms with E-state index in [0.29, 0.717) is 11.3 Å². The molecule has 4 rings (SSSR count). The van der Waals surface area contributed by atoms with E-state index in [9.17, 15) is 9.59 Å². The van der Waals surface area contributed by atoms with E-state index in [0.717, 1.165) is 49.8 Å².